The summed E-state index contributed by atoms with van der Waals surface area (Å²) < 4.78 is 0. The molecule has 2 N–H and O–H groups in total. The van der Waals surface area contributed by atoms with Crippen LogP contribution in [0, 0.1) is 0 Å². The molecule has 0 saturated carbocycles. The first-order chi connectivity index (χ1) is 19.2. The van der Waals surface area contributed by atoms with Crippen molar-refractivity contribution < 1.29 is 10.2 Å². The third-order valence-corrected chi connectivity index (χ3v) is 9.75. The van der Waals surface area contributed by atoms with Crippen molar-refractivity contribution in [2.75, 3.05) is 13.1 Å². The van der Waals surface area contributed by atoms with Crippen LogP contribution in [0.1, 0.15) is 142 Å². The van der Waals surface area contributed by atoms with E-state index >= 15 is 0 Å². The number of phenolic OH excluding ortho intramolecular Hbond substituents is 2. The van der Waals surface area contributed by atoms with Gasteiger partial charge in [-0.3, -0.25) is 9.80 Å². The minimum atomic E-state index is -0.123. The van der Waals surface area contributed by atoms with Gasteiger partial charge < -0.3 is 10.2 Å². The average molecular weight is 577 g/mol. The number of benzene rings is 2. The largest absolute Gasteiger partial charge is 0.507 e. The average Bonchev–Trinajstić information content (AvgIpc) is 3.47. The smallest absolute Gasteiger partial charge is 0.123 e. The molecule has 42 heavy (non-hydrogen) atoms. The third-order valence-electron chi connectivity index (χ3n) is 9.75. The first-order valence-electron chi connectivity index (χ1n) is 16.4. The van der Waals surface area contributed by atoms with Gasteiger partial charge in [0.15, 0.2) is 0 Å². The summed E-state index contributed by atoms with van der Waals surface area (Å²) >= 11 is 0. The van der Waals surface area contributed by atoms with Crippen LogP contribution in [-0.2, 0) is 34.7 Å². The van der Waals surface area contributed by atoms with Crippen LogP contribution in [0.4, 0.5) is 0 Å². The summed E-state index contributed by atoms with van der Waals surface area (Å²) in [6.07, 6.45) is 4.77. The van der Waals surface area contributed by atoms with Gasteiger partial charge in [-0.15, -0.1) is 0 Å². The van der Waals surface area contributed by atoms with Crippen LogP contribution in [-0.4, -0.2) is 45.2 Å². The van der Waals surface area contributed by atoms with Crippen LogP contribution in [0.15, 0.2) is 24.3 Å². The van der Waals surface area contributed by atoms with Crippen LogP contribution in [0.3, 0.4) is 0 Å². The molecule has 4 rings (SSSR count). The van der Waals surface area contributed by atoms with Gasteiger partial charge in [-0.1, -0.05) is 107 Å². The van der Waals surface area contributed by atoms with Crippen molar-refractivity contribution in [2.24, 2.45) is 0 Å². The number of hydrogen-bond acceptors (Lipinski definition) is 4. The van der Waals surface area contributed by atoms with E-state index in [1.165, 1.54) is 36.8 Å². The molecular formula is C38H60N2O2. The highest BCUT2D eigenvalue weighted by molar-refractivity contribution is 5.50. The lowest BCUT2D eigenvalue weighted by molar-refractivity contribution is 0.122. The normalized spacial score (nSPS) is 21.4. The van der Waals surface area contributed by atoms with Crippen LogP contribution in [0.25, 0.3) is 0 Å². The molecule has 0 radical (unpaired) electrons. The first kappa shape index (κ1) is 32.9. The van der Waals surface area contributed by atoms with Gasteiger partial charge in [-0.25, -0.2) is 0 Å². The summed E-state index contributed by atoms with van der Waals surface area (Å²) in [6.45, 7) is 30.5. The molecule has 0 unspecified atom stereocenters. The van der Waals surface area contributed by atoms with Crippen molar-refractivity contribution >= 4 is 0 Å². The minimum absolute atomic E-state index is 0.0185. The molecular weight excluding hydrogens is 516 g/mol. The number of likely N-dealkylation sites (tertiary alicyclic amines) is 2. The highest BCUT2D eigenvalue weighted by Crippen LogP contribution is 2.42. The fourth-order valence-electron chi connectivity index (χ4n) is 7.05. The van der Waals surface area contributed by atoms with Crippen molar-refractivity contribution in [1.29, 1.82) is 0 Å². The summed E-state index contributed by atoms with van der Waals surface area (Å²) in [5.41, 5.74) is 6.60. The quantitative estimate of drug-likeness (QED) is 0.373. The van der Waals surface area contributed by atoms with E-state index in [4.69, 9.17) is 0 Å². The Labute approximate surface area is 257 Å². The summed E-state index contributed by atoms with van der Waals surface area (Å²) in [7, 11) is 0. The molecule has 2 heterocycles. The molecule has 0 aromatic heterocycles. The molecule has 4 nitrogen and oxygen atoms in total. The maximum Gasteiger partial charge on any atom is 0.123 e. The fourth-order valence-corrected chi connectivity index (χ4v) is 7.05. The summed E-state index contributed by atoms with van der Waals surface area (Å²) in [5, 5.41) is 23.0. The number of aromatic hydroxyl groups is 2. The Morgan fingerprint density at radius 3 is 1.17 bits per heavy atom. The molecule has 0 amide bonds. The van der Waals surface area contributed by atoms with Crippen molar-refractivity contribution in [2.45, 2.75) is 156 Å². The van der Waals surface area contributed by atoms with Gasteiger partial charge in [0.1, 0.15) is 11.5 Å². The van der Waals surface area contributed by atoms with Crippen molar-refractivity contribution in [3.05, 3.63) is 57.6 Å². The Morgan fingerprint density at radius 2 is 0.881 bits per heavy atom. The van der Waals surface area contributed by atoms with E-state index in [-0.39, 0.29) is 21.7 Å². The number of phenols is 2. The van der Waals surface area contributed by atoms with Crippen molar-refractivity contribution in [1.82, 2.24) is 9.80 Å². The highest BCUT2D eigenvalue weighted by atomic mass is 16.3. The summed E-state index contributed by atoms with van der Waals surface area (Å²) in [5.74, 6) is 0.950. The Bertz CT molecular complexity index is 1170. The summed E-state index contributed by atoms with van der Waals surface area (Å²) in [6, 6.07) is 9.88. The molecule has 2 aliphatic rings. The Balaban J connectivity index is 1.64. The van der Waals surface area contributed by atoms with Gasteiger partial charge in [-0.05, 0) is 82.7 Å². The van der Waals surface area contributed by atoms with Gasteiger partial charge in [-0.2, -0.15) is 0 Å². The number of hydrogen-bond donors (Lipinski definition) is 2. The maximum absolute atomic E-state index is 11.5. The molecule has 2 aromatic carbocycles. The molecule has 2 fully saturated rings. The topological polar surface area (TPSA) is 46.9 Å². The monoisotopic (exact) mass is 576 g/mol. The Hall–Kier alpha value is -2.04. The van der Waals surface area contributed by atoms with E-state index in [0.29, 0.717) is 23.6 Å². The van der Waals surface area contributed by atoms with Crippen LogP contribution >= 0.6 is 0 Å². The lowest BCUT2D eigenvalue weighted by Crippen LogP contribution is -2.45. The maximum atomic E-state index is 11.5. The van der Waals surface area contributed by atoms with Crippen molar-refractivity contribution in [3.63, 3.8) is 0 Å². The van der Waals surface area contributed by atoms with Crippen LogP contribution < -0.4 is 0 Å². The van der Waals surface area contributed by atoms with Gasteiger partial charge in [0, 0.05) is 36.3 Å². The molecule has 0 bridgehead atoms. The second-order valence-corrected chi connectivity index (χ2v) is 17.4. The fraction of sp³-hybridized carbons (Fsp3) is 0.684. The Morgan fingerprint density at radius 1 is 0.548 bits per heavy atom. The molecule has 0 aliphatic carbocycles. The van der Waals surface area contributed by atoms with Gasteiger partial charge >= 0.3 is 0 Å². The van der Waals surface area contributed by atoms with E-state index in [1.54, 1.807) is 0 Å². The highest BCUT2D eigenvalue weighted by Gasteiger charge is 2.39. The molecule has 0 spiro atoms. The third kappa shape index (κ3) is 7.02. The van der Waals surface area contributed by atoms with E-state index in [9.17, 15) is 10.2 Å². The van der Waals surface area contributed by atoms with Gasteiger partial charge in [0.05, 0.1) is 0 Å². The SMILES string of the molecule is CC(C)(C)c1cc(CN2CCC[C@@H]2[C@@H]2CCCN2Cc2cc(C(C)(C)C)cc(C(C)(C)C)c2O)c(O)c(C(C)(C)C)c1. The predicted molar refractivity (Wildman–Crippen MR) is 178 cm³/mol. The molecule has 2 saturated heterocycles. The zero-order valence-electron chi connectivity index (χ0n) is 28.9. The van der Waals surface area contributed by atoms with E-state index in [2.05, 4.69) is 117 Å². The van der Waals surface area contributed by atoms with Crippen LogP contribution in [0.5, 0.6) is 11.5 Å². The standard InChI is InChI=1S/C38H60N2O2/c1-35(2,3)27-19-25(33(41)29(21-27)37(7,8)9)23-39-17-13-15-31(39)32-16-14-18-40(32)24-26-20-28(36(4,5)6)22-30(34(26)42)38(10,11)12/h19-22,31-32,41-42H,13-18,23-24H2,1-12H3/t31-,32+. The summed E-state index contributed by atoms with van der Waals surface area (Å²) in [4.78, 5) is 5.28. The predicted octanol–water partition coefficient (Wildman–Crippen LogP) is 8.92. The number of rotatable bonds is 5. The first-order valence-corrected chi connectivity index (χ1v) is 16.4. The second-order valence-electron chi connectivity index (χ2n) is 17.4. The lowest BCUT2D eigenvalue weighted by atomic mass is 9.78. The van der Waals surface area contributed by atoms with Gasteiger partial charge in [0.2, 0.25) is 0 Å². The molecule has 2 aliphatic heterocycles. The minimum Gasteiger partial charge on any atom is -0.507 e. The van der Waals surface area contributed by atoms with Gasteiger partial charge in [0.25, 0.3) is 0 Å². The zero-order chi connectivity index (χ0) is 31.4. The zero-order valence-corrected chi connectivity index (χ0v) is 28.9. The number of nitrogens with zero attached hydrogens (tertiary/aromatic N) is 2. The van der Waals surface area contributed by atoms with Crippen LogP contribution in [0.2, 0.25) is 0 Å². The molecule has 2 atom stereocenters. The second kappa shape index (κ2) is 11.5. The van der Waals surface area contributed by atoms with Crippen molar-refractivity contribution in [3.8, 4) is 11.5 Å². The molecule has 234 valence electrons. The van der Waals surface area contributed by atoms with E-state index in [1.807, 2.05) is 0 Å². The molecule has 4 heteroatoms. The van der Waals surface area contributed by atoms with E-state index in [0.717, 1.165) is 48.4 Å². The molecule has 2 aromatic rings. The lowest BCUT2D eigenvalue weighted by Gasteiger charge is -2.36. The Kier molecular flexibility index (Phi) is 8.98. The van der Waals surface area contributed by atoms with E-state index < -0.39 is 0 Å².